The molecule has 0 radical (unpaired) electrons. The summed E-state index contributed by atoms with van der Waals surface area (Å²) in [6, 6.07) is 8.70. The average Bonchev–Trinajstić information content (AvgIpc) is 3.08. The second-order valence-electron chi connectivity index (χ2n) is 5.99. The molecule has 2 heterocycles. The minimum Gasteiger partial charge on any atom is -0.482 e. The van der Waals surface area contributed by atoms with Crippen molar-refractivity contribution in [1.82, 2.24) is 14.6 Å². The van der Waals surface area contributed by atoms with Crippen molar-refractivity contribution < 1.29 is 19.0 Å². The maximum Gasteiger partial charge on any atom is 0.344 e. The molecule has 0 aliphatic heterocycles. The van der Waals surface area contributed by atoms with Crippen LogP contribution in [0.5, 0.6) is 5.75 Å². The lowest BCUT2D eigenvalue weighted by Crippen LogP contribution is -2.18. The van der Waals surface area contributed by atoms with E-state index in [9.17, 15) is 9.59 Å². The van der Waals surface area contributed by atoms with Crippen LogP contribution in [0.4, 0.5) is 0 Å². The number of rotatable bonds is 9. The first kappa shape index (κ1) is 20.0. The van der Waals surface area contributed by atoms with Crippen LogP contribution >= 0.6 is 11.3 Å². The summed E-state index contributed by atoms with van der Waals surface area (Å²) in [4.78, 5) is 28.9. The number of hydrogen-bond donors (Lipinski definition) is 0. The molecule has 0 aliphatic rings. The van der Waals surface area contributed by atoms with Crippen LogP contribution in [0, 0.1) is 6.92 Å². The van der Waals surface area contributed by atoms with Crippen molar-refractivity contribution in [2.24, 2.45) is 0 Å². The van der Waals surface area contributed by atoms with E-state index in [1.807, 2.05) is 32.0 Å². The molecular formula is C19H21N3O5S. The van der Waals surface area contributed by atoms with Crippen molar-refractivity contribution in [1.29, 1.82) is 0 Å². The van der Waals surface area contributed by atoms with Crippen LogP contribution in [0.1, 0.15) is 23.2 Å². The number of esters is 1. The number of carbonyl (C=O) groups is 1. The molecule has 0 amide bonds. The van der Waals surface area contributed by atoms with Crippen LogP contribution in [0.25, 0.3) is 4.96 Å². The lowest BCUT2D eigenvalue weighted by molar-refractivity contribution is -0.147. The first-order chi connectivity index (χ1) is 13.5. The van der Waals surface area contributed by atoms with E-state index in [0.29, 0.717) is 36.0 Å². The Kier molecular flexibility index (Phi) is 6.72. The van der Waals surface area contributed by atoms with Gasteiger partial charge in [-0.15, -0.1) is 0 Å². The van der Waals surface area contributed by atoms with Gasteiger partial charge in [0.25, 0.3) is 5.56 Å². The van der Waals surface area contributed by atoms with E-state index in [4.69, 9.17) is 14.2 Å². The van der Waals surface area contributed by atoms with Crippen molar-refractivity contribution in [2.75, 3.05) is 19.8 Å². The number of ether oxygens (including phenoxy) is 3. The highest BCUT2D eigenvalue weighted by Crippen LogP contribution is 2.14. The highest BCUT2D eigenvalue weighted by molar-refractivity contribution is 7.16. The first-order valence-electron chi connectivity index (χ1n) is 8.86. The molecule has 0 spiro atoms. The minimum absolute atomic E-state index is 0.103. The third kappa shape index (κ3) is 5.37. The molecule has 9 heteroatoms. The van der Waals surface area contributed by atoms with Gasteiger partial charge in [0.05, 0.1) is 12.3 Å². The molecule has 28 heavy (non-hydrogen) atoms. The summed E-state index contributed by atoms with van der Waals surface area (Å²) in [6.07, 6.45) is 0.613. The van der Waals surface area contributed by atoms with E-state index in [-0.39, 0.29) is 18.8 Å². The van der Waals surface area contributed by atoms with Gasteiger partial charge in [-0.2, -0.15) is 9.61 Å². The lowest BCUT2D eigenvalue weighted by Gasteiger charge is -2.07. The highest BCUT2D eigenvalue weighted by Gasteiger charge is 2.11. The van der Waals surface area contributed by atoms with E-state index in [1.54, 1.807) is 6.07 Å². The maximum atomic E-state index is 12.2. The van der Waals surface area contributed by atoms with Crippen LogP contribution < -0.4 is 10.3 Å². The fourth-order valence-corrected chi connectivity index (χ4v) is 3.32. The van der Waals surface area contributed by atoms with Gasteiger partial charge < -0.3 is 14.2 Å². The number of fused-ring (bicyclic) bond motifs is 1. The van der Waals surface area contributed by atoms with Gasteiger partial charge in [0.1, 0.15) is 17.4 Å². The van der Waals surface area contributed by atoms with Crippen LogP contribution in [0.15, 0.2) is 35.1 Å². The van der Waals surface area contributed by atoms with Gasteiger partial charge >= 0.3 is 5.97 Å². The van der Waals surface area contributed by atoms with Gasteiger partial charge in [-0.3, -0.25) is 4.79 Å². The predicted octanol–water partition coefficient (Wildman–Crippen LogP) is 2.16. The Labute approximate surface area is 165 Å². The number of carbonyl (C=O) groups excluding carboxylic acids is 1. The highest BCUT2D eigenvalue weighted by atomic mass is 32.1. The van der Waals surface area contributed by atoms with Gasteiger partial charge in [-0.1, -0.05) is 23.5 Å². The minimum atomic E-state index is -0.537. The van der Waals surface area contributed by atoms with Gasteiger partial charge in [0.2, 0.25) is 4.96 Å². The Balaban J connectivity index is 1.57. The van der Waals surface area contributed by atoms with E-state index < -0.39 is 5.97 Å². The van der Waals surface area contributed by atoms with Crippen LogP contribution in [0.2, 0.25) is 0 Å². The number of hydrogen-bond acceptors (Lipinski definition) is 8. The Morgan fingerprint density at radius 3 is 2.93 bits per heavy atom. The van der Waals surface area contributed by atoms with Crippen LogP contribution in [-0.2, 0) is 27.3 Å². The third-order valence-corrected chi connectivity index (χ3v) is 4.70. The van der Waals surface area contributed by atoms with Crippen molar-refractivity contribution in [3.05, 3.63) is 57.0 Å². The second kappa shape index (κ2) is 9.43. The Morgan fingerprint density at radius 1 is 1.29 bits per heavy atom. The number of aryl methyl sites for hydroxylation is 1. The predicted molar refractivity (Wildman–Crippen MR) is 104 cm³/mol. The first-order valence-corrected chi connectivity index (χ1v) is 9.68. The second-order valence-corrected chi connectivity index (χ2v) is 7.03. The van der Waals surface area contributed by atoms with Crippen molar-refractivity contribution >= 4 is 22.3 Å². The molecule has 3 aromatic rings. The number of benzene rings is 1. The zero-order valence-electron chi connectivity index (χ0n) is 15.7. The smallest absolute Gasteiger partial charge is 0.344 e. The molecule has 0 atom stereocenters. The largest absolute Gasteiger partial charge is 0.482 e. The maximum absolute atomic E-state index is 12.2. The summed E-state index contributed by atoms with van der Waals surface area (Å²) in [5, 5.41) is 5.01. The average molecular weight is 403 g/mol. The number of nitrogens with zero attached hydrogens (tertiary/aromatic N) is 3. The Bertz CT molecular complexity index is 1010. The normalized spacial score (nSPS) is 10.9. The molecule has 3 rings (SSSR count). The molecule has 148 valence electrons. The molecule has 0 N–H and O–H groups in total. The molecule has 0 fully saturated rings. The molecule has 0 aliphatic carbocycles. The standard InChI is InChI=1S/C19H21N3O5S/c1-3-25-8-7-16-21-22-17(23)10-14(20-19(22)28-16)11-27-18(24)12-26-15-6-4-5-13(2)9-15/h4-6,9-10H,3,7-8,11-12H2,1-2H3. The zero-order chi connectivity index (χ0) is 19.9. The monoisotopic (exact) mass is 403 g/mol. The summed E-state index contributed by atoms with van der Waals surface area (Å²) in [7, 11) is 0. The van der Waals surface area contributed by atoms with Gasteiger partial charge in [0, 0.05) is 19.1 Å². The van der Waals surface area contributed by atoms with Gasteiger partial charge in [-0.25, -0.2) is 9.78 Å². The molecule has 0 saturated heterocycles. The fourth-order valence-electron chi connectivity index (χ4n) is 2.42. The van der Waals surface area contributed by atoms with E-state index in [2.05, 4.69) is 10.1 Å². The lowest BCUT2D eigenvalue weighted by atomic mass is 10.2. The third-order valence-electron chi connectivity index (χ3n) is 3.73. The molecule has 0 unspecified atom stereocenters. The Morgan fingerprint density at radius 2 is 2.14 bits per heavy atom. The molecule has 1 aromatic carbocycles. The van der Waals surface area contributed by atoms with Crippen molar-refractivity contribution in [3.8, 4) is 5.75 Å². The summed E-state index contributed by atoms with van der Waals surface area (Å²) >= 11 is 1.31. The molecule has 0 bridgehead atoms. The van der Waals surface area contributed by atoms with Crippen molar-refractivity contribution in [2.45, 2.75) is 26.9 Å². The summed E-state index contributed by atoms with van der Waals surface area (Å²) in [5.74, 6) is 0.0594. The summed E-state index contributed by atoms with van der Waals surface area (Å²) in [6.45, 7) is 4.71. The van der Waals surface area contributed by atoms with E-state index >= 15 is 0 Å². The van der Waals surface area contributed by atoms with Crippen LogP contribution in [0.3, 0.4) is 0 Å². The van der Waals surface area contributed by atoms with Crippen molar-refractivity contribution in [3.63, 3.8) is 0 Å². The van der Waals surface area contributed by atoms with Gasteiger partial charge in [-0.05, 0) is 31.5 Å². The van der Waals surface area contributed by atoms with E-state index in [1.165, 1.54) is 21.9 Å². The Hall–Kier alpha value is -2.78. The quantitative estimate of drug-likeness (QED) is 0.399. The summed E-state index contributed by atoms with van der Waals surface area (Å²) in [5.41, 5.74) is 1.09. The fraction of sp³-hybridized carbons (Fsp3) is 0.368. The number of aromatic nitrogens is 3. The van der Waals surface area contributed by atoms with E-state index in [0.717, 1.165) is 10.6 Å². The molecular weight excluding hydrogens is 382 g/mol. The van der Waals surface area contributed by atoms with Crippen LogP contribution in [-0.4, -0.2) is 40.4 Å². The topological polar surface area (TPSA) is 92.0 Å². The molecule has 0 saturated carbocycles. The molecule has 8 nitrogen and oxygen atoms in total. The summed E-state index contributed by atoms with van der Waals surface area (Å²) < 4.78 is 17.1. The molecule has 2 aromatic heterocycles. The van der Waals surface area contributed by atoms with Gasteiger partial charge in [0.15, 0.2) is 6.61 Å². The SMILES string of the molecule is CCOCCc1nn2c(=O)cc(COC(=O)COc3cccc(C)c3)nc2s1. The zero-order valence-corrected chi connectivity index (χ0v) is 16.5.